The number of nitrogens with two attached hydrogens (primary N) is 1. The molecule has 0 aliphatic carbocycles. The van der Waals surface area contributed by atoms with Gasteiger partial charge >= 0.3 is 0 Å². The van der Waals surface area contributed by atoms with Crippen molar-refractivity contribution < 1.29 is 0 Å². The van der Waals surface area contributed by atoms with E-state index in [-0.39, 0.29) is 0 Å². The average molecular weight is 284 g/mol. The maximum absolute atomic E-state index is 6.06. The zero-order valence-electron chi connectivity index (χ0n) is 11.0. The first kappa shape index (κ1) is 12.8. The number of hydrogen-bond donors (Lipinski definition) is 1. The van der Waals surface area contributed by atoms with Gasteiger partial charge in [-0.15, -0.1) is 0 Å². The monoisotopic (exact) mass is 283 g/mol. The van der Waals surface area contributed by atoms with E-state index in [4.69, 9.17) is 17.3 Å². The second-order valence-corrected chi connectivity index (χ2v) is 5.16. The highest BCUT2D eigenvalue weighted by Crippen LogP contribution is 2.26. The van der Waals surface area contributed by atoms with Gasteiger partial charge in [0.05, 0.1) is 17.6 Å². The van der Waals surface area contributed by atoms with E-state index in [1.54, 1.807) is 4.68 Å². The van der Waals surface area contributed by atoms with Gasteiger partial charge in [-0.25, -0.2) is 4.68 Å². The summed E-state index contributed by atoms with van der Waals surface area (Å²) in [6.45, 7) is 2.06. The van der Waals surface area contributed by atoms with Crippen LogP contribution in [-0.4, -0.2) is 9.78 Å². The number of rotatable bonds is 2. The van der Waals surface area contributed by atoms with Crippen LogP contribution in [0.5, 0.6) is 0 Å². The highest BCUT2D eigenvalue weighted by Gasteiger charge is 2.09. The van der Waals surface area contributed by atoms with Crippen LogP contribution in [-0.2, 0) is 0 Å². The lowest BCUT2D eigenvalue weighted by molar-refractivity contribution is 0.884. The molecule has 3 aromatic rings. The summed E-state index contributed by atoms with van der Waals surface area (Å²) in [5, 5.41) is 5.26. The second kappa shape index (κ2) is 5.02. The number of aryl methyl sites for hydroxylation is 1. The highest BCUT2D eigenvalue weighted by atomic mass is 35.5. The minimum atomic E-state index is 0.646. The summed E-state index contributed by atoms with van der Waals surface area (Å²) in [4.78, 5) is 0. The van der Waals surface area contributed by atoms with E-state index in [1.807, 2.05) is 42.6 Å². The Kier molecular flexibility index (Phi) is 3.20. The molecule has 100 valence electrons. The van der Waals surface area contributed by atoms with E-state index in [1.165, 1.54) is 5.56 Å². The predicted octanol–water partition coefficient (Wildman–Crippen LogP) is 4.08. The van der Waals surface area contributed by atoms with Gasteiger partial charge in [-0.05, 0) is 31.2 Å². The number of hydrogen-bond acceptors (Lipinski definition) is 2. The molecule has 1 aromatic heterocycles. The molecule has 2 aromatic carbocycles. The Hall–Kier alpha value is -2.26. The molecule has 0 atom stereocenters. The molecule has 0 unspecified atom stereocenters. The van der Waals surface area contributed by atoms with Gasteiger partial charge in [0, 0.05) is 10.6 Å². The van der Waals surface area contributed by atoms with Crippen LogP contribution in [0.4, 0.5) is 5.69 Å². The number of nitrogen functional groups attached to an aromatic ring is 1. The fraction of sp³-hybridized carbons (Fsp3) is 0.0625. The van der Waals surface area contributed by atoms with Gasteiger partial charge in [-0.1, -0.05) is 41.4 Å². The highest BCUT2D eigenvalue weighted by molar-refractivity contribution is 6.30. The molecular weight excluding hydrogens is 270 g/mol. The summed E-state index contributed by atoms with van der Waals surface area (Å²) < 4.78 is 1.79. The first-order valence-corrected chi connectivity index (χ1v) is 6.69. The molecule has 1 heterocycles. The summed E-state index contributed by atoms with van der Waals surface area (Å²) in [6.07, 6.45) is 1.83. The van der Waals surface area contributed by atoms with Crippen molar-refractivity contribution in [2.24, 2.45) is 0 Å². The third-order valence-electron chi connectivity index (χ3n) is 3.16. The molecule has 2 N–H and O–H groups in total. The lowest BCUT2D eigenvalue weighted by Gasteiger charge is -2.01. The Bertz CT molecular complexity index is 727. The van der Waals surface area contributed by atoms with E-state index >= 15 is 0 Å². The summed E-state index contributed by atoms with van der Waals surface area (Å²) in [5.74, 6) is 0. The maximum atomic E-state index is 6.06. The van der Waals surface area contributed by atoms with Gasteiger partial charge in [0.25, 0.3) is 0 Å². The Morgan fingerprint density at radius 3 is 2.30 bits per heavy atom. The molecule has 0 aliphatic rings. The van der Waals surface area contributed by atoms with Crippen molar-refractivity contribution >= 4 is 17.3 Å². The summed E-state index contributed by atoms with van der Waals surface area (Å²) in [5.41, 5.74) is 10.6. The number of nitrogens with zero attached hydrogens (tertiary/aromatic N) is 2. The van der Waals surface area contributed by atoms with E-state index in [2.05, 4.69) is 24.2 Å². The van der Waals surface area contributed by atoms with Crippen LogP contribution in [0.1, 0.15) is 5.56 Å². The van der Waals surface area contributed by atoms with Gasteiger partial charge in [0.1, 0.15) is 5.69 Å². The van der Waals surface area contributed by atoms with Gasteiger partial charge in [0.15, 0.2) is 0 Å². The fourth-order valence-electron chi connectivity index (χ4n) is 2.05. The van der Waals surface area contributed by atoms with Crippen LogP contribution in [0.2, 0.25) is 5.02 Å². The number of benzene rings is 2. The van der Waals surface area contributed by atoms with Crippen LogP contribution >= 0.6 is 11.6 Å². The van der Waals surface area contributed by atoms with Crippen LogP contribution in [0.3, 0.4) is 0 Å². The Morgan fingerprint density at radius 2 is 1.65 bits per heavy atom. The van der Waals surface area contributed by atoms with Crippen LogP contribution in [0.25, 0.3) is 16.9 Å². The van der Waals surface area contributed by atoms with Crippen molar-refractivity contribution in [3.05, 3.63) is 65.3 Å². The molecule has 0 saturated heterocycles. The van der Waals surface area contributed by atoms with Crippen molar-refractivity contribution in [2.75, 3.05) is 5.73 Å². The molecule has 4 heteroatoms. The zero-order chi connectivity index (χ0) is 14.1. The molecule has 20 heavy (non-hydrogen) atoms. The molecule has 3 nitrogen and oxygen atoms in total. The smallest absolute Gasteiger partial charge is 0.116 e. The lowest BCUT2D eigenvalue weighted by Crippen LogP contribution is -1.94. The van der Waals surface area contributed by atoms with Gasteiger partial charge in [-0.3, -0.25) is 0 Å². The molecule has 0 amide bonds. The Balaban J connectivity index is 2.02. The third kappa shape index (κ3) is 2.40. The average Bonchev–Trinajstić information content (AvgIpc) is 2.82. The van der Waals surface area contributed by atoms with Crippen LogP contribution in [0.15, 0.2) is 54.7 Å². The van der Waals surface area contributed by atoms with Crippen LogP contribution < -0.4 is 5.73 Å². The van der Waals surface area contributed by atoms with Crippen molar-refractivity contribution in [1.82, 2.24) is 9.78 Å². The quantitative estimate of drug-likeness (QED) is 0.770. The summed E-state index contributed by atoms with van der Waals surface area (Å²) >= 11 is 5.90. The molecular formula is C16H14ClN3. The summed E-state index contributed by atoms with van der Waals surface area (Å²) in [7, 11) is 0. The number of halogens is 1. The first-order chi connectivity index (χ1) is 9.63. The molecule has 0 spiro atoms. The minimum Gasteiger partial charge on any atom is -0.396 e. The molecule has 3 rings (SSSR count). The van der Waals surface area contributed by atoms with E-state index in [0.29, 0.717) is 10.7 Å². The van der Waals surface area contributed by atoms with Crippen molar-refractivity contribution in [2.45, 2.75) is 6.92 Å². The molecule has 0 fully saturated rings. The van der Waals surface area contributed by atoms with Crippen molar-refractivity contribution in [3.8, 4) is 16.9 Å². The molecule has 0 aliphatic heterocycles. The van der Waals surface area contributed by atoms with E-state index in [9.17, 15) is 0 Å². The van der Waals surface area contributed by atoms with Gasteiger partial charge in [-0.2, -0.15) is 5.10 Å². The predicted molar refractivity (Wildman–Crippen MR) is 83.2 cm³/mol. The number of anilines is 1. The van der Waals surface area contributed by atoms with Crippen molar-refractivity contribution in [1.29, 1.82) is 0 Å². The van der Waals surface area contributed by atoms with E-state index < -0.39 is 0 Å². The Morgan fingerprint density at radius 1 is 1.00 bits per heavy atom. The largest absolute Gasteiger partial charge is 0.396 e. The van der Waals surface area contributed by atoms with Crippen molar-refractivity contribution in [3.63, 3.8) is 0 Å². The minimum absolute atomic E-state index is 0.646. The Labute approximate surface area is 122 Å². The first-order valence-electron chi connectivity index (χ1n) is 6.31. The fourth-order valence-corrected chi connectivity index (χ4v) is 2.18. The van der Waals surface area contributed by atoms with Crippen LogP contribution in [0, 0.1) is 6.92 Å². The normalized spacial score (nSPS) is 10.7. The standard InChI is InChI=1S/C16H14ClN3/c1-11-2-8-14(9-3-11)20-10-15(18)16(19-20)12-4-6-13(17)7-5-12/h2-10H,18H2,1H3. The topological polar surface area (TPSA) is 43.8 Å². The molecule has 0 radical (unpaired) electrons. The lowest BCUT2D eigenvalue weighted by atomic mass is 10.1. The van der Waals surface area contributed by atoms with Gasteiger partial charge in [0.2, 0.25) is 0 Å². The van der Waals surface area contributed by atoms with E-state index in [0.717, 1.165) is 16.9 Å². The number of aromatic nitrogens is 2. The third-order valence-corrected chi connectivity index (χ3v) is 3.41. The maximum Gasteiger partial charge on any atom is 0.116 e. The molecule has 0 saturated carbocycles. The zero-order valence-corrected chi connectivity index (χ0v) is 11.8. The summed E-state index contributed by atoms with van der Waals surface area (Å²) in [6, 6.07) is 15.6. The SMILES string of the molecule is Cc1ccc(-n2cc(N)c(-c3ccc(Cl)cc3)n2)cc1. The van der Waals surface area contributed by atoms with Gasteiger partial charge < -0.3 is 5.73 Å². The molecule has 0 bridgehead atoms. The second-order valence-electron chi connectivity index (χ2n) is 4.72.